The van der Waals surface area contributed by atoms with Crippen LogP contribution in [0.25, 0.3) is 16.3 Å². The third kappa shape index (κ3) is 5.28. The summed E-state index contributed by atoms with van der Waals surface area (Å²) in [5, 5.41) is 10.7. The molecule has 3 rings (SSSR count). The molecule has 1 heterocycles. The van der Waals surface area contributed by atoms with Crippen LogP contribution in [0, 0.1) is 10.1 Å². The minimum absolute atomic E-state index is 0.0281. The van der Waals surface area contributed by atoms with E-state index >= 15 is 0 Å². The standard InChI is InChI=1S/C20H16BrN3O5S/c1-2-29-19(26)12-23-16-9-6-14(21)11-17(16)30-20(23)22-18(25)10-5-13-3-7-15(8-4-13)24(27)28/h3-11H,2,12H2,1H3/b10-5-,22-20?. The van der Waals surface area contributed by atoms with Crippen LogP contribution in [0.5, 0.6) is 0 Å². The number of amides is 1. The van der Waals surface area contributed by atoms with Crippen molar-refractivity contribution < 1.29 is 19.2 Å². The number of benzene rings is 2. The topological polar surface area (TPSA) is 104 Å². The van der Waals surface area contributed by atoms with Crippen LogP contribution in [-0.2, 0) is 20.9 Å². The van der Waals surface area contributed by atoms with Crippen LogP contribution in [0.4, 0.5) is 5.69 Å². The smallest absolute Gasteiger partial charge is 0.326 e. The highest BCUT2D eigenvalue weighted by atomic mass is 79.9. The van der Waals surface area contributed by atoms with Crippen molar-refractivity contribution in [3.8, 4) is 0 Å². The minimum atomic E-state index is -0.517. The van der Waals surface area contributed by atoms with Crippen LogP contribution in [0.1, 0.15) is 12.5 Å². The van der Waals surface area contributed by atoms with E-state index in [0.29, 0.717) is 10.4 Å². The summed E-state index contributed by atoms with van der Waals surface area (Å²) in [6.07, 6.45) is 2.80. The molecule has 0 aliphatic carbocycles. The fourth-order valence-corrected chi connectivity index (χ4v) is 4.21. The first-order valence-corrected chi connectivity index (χ1v) is 10.4. The second-order valence-corrected chi connectivity index (χ2v) is 7.94. The van der Waals surface area contributed by atoms with Gasteiger partial charge in [0.1, 0.15) is 6.54 Å². The molecule has 2 aromatic carbocycles. The van der Waals surface area contributed by atoms with E-state index in [-0.39, 0.29) is 18.8 Å². The average Bonchev–Trinajstić information content (AvgIpc) is 3.02. The van der Waals surface area contributed by atoms with E-state index in [9.17, 15) is 19.7 Å². The Labute approximate surface area is 183 Å². The van der Waals surface area contributed by atoms with Crippen molar-refractivity contribution in [2.75, 3.05) is 6.61 Å². The molecule has 8 nitrogen and oxygen atoms in total. The zero-order valence-corrected chi connectivity index (χ0v) is 18.2. The molecule has 154 valence electrons. The molecule has 0 atom stereocenters. The third-order valence-electron chi connectivity index (χ3n) is 3.97. The van der Waals surface area contributed by atoms with E-state index in [2.05, 4.69) is 20.9 Å². The number of fused-ring (bicyclic) bond motifs is 1. The number of carbonyl (C=O) groups is 2. The van der Waals surface area contributed by atoms with Crippen molar-refractivity contribution in [2.45, 2.75) is 13.5 Å². The van der Waals surface area contributed by atoms with E-state index in [4.69, 9.17) is 4.74 Å². The Kier molecular flexibility index (Phi) is 6.91. The van der Waals surface area contributed by atoms with Gasteiger partial charge in [-0.15, -0.1) is 0 Å². The minimum Gasteiger partial charge on any atom is -0.465 e. The zero-order valence-electron chi connectivity index (χ0n) is 15.8. The number of hydrogen-bond acceptors (Lipinski definition) is 6. The fourth-order valence-electron chi connectivity index (χ4n) is 2.63. The van der Waals surface area contributed by atoms with Gasteiger partial charge in [-0.25, -0.2) is 0 Å². The molecule has 30 heavy (non-hydrogen) atoms. The van der Waals surface area contributed by atoms with Gasteiger partial charge in [-0.2, -0.15) is 4.99 Å². The van der Waals surface area contributed by atoms with E-state index in [0.717, 1.165) is 14.7 Å². The predicted octanol–water partition coefficient (Wildman–Crippen LogP) is 4.08. The Morgan fingerprint density at radius 1 is 1.27 bits per heavy atom. The summed E-state index contributed by atoms with van der Waals surface area (Å²) in [7, 11) is 0. The number of halogens is 1. The van der Waals surface area contributed by atoms with E-state index in [1.807, 2.05) is 18.2 Å². The maximum absolute atomic E-state index is 12.4. The molecule has 0 saturated heterocycles. The Bertz CT molecular complexity index is 1210. The summed E-state index contributed by atoms with van der Waals surface area (Å²) in [6, 6.07) is 11.4. The van der Waals surface area contributed by atoms with Crippen molar-refractivity contribution >= 4 is 61.1 Å². The molecule has 3 aromatic rings. The molecule has 0 N–H and O–H groups in total. The van der Waals surface area contributed by atoms with Gasteiger partial charge in [-0.3, -0.25) is 19.7 Å². The molecule has 0 aliphatic rings. The van der Waals surface area contributed by atoms with Gasteiger partial charge >= 0.3 is 5.97 Å². The first-order valence-electron chi connectivity index (χ1n) is 8.83. The molecule has 1 aromatic heterocycles. The van der Waals surface area contributed by atoms with Gasteiger partial charge in [0.25, 0.3) is 11.6 Å². The van der Waals surface area contributed by atoms with Crippen molar-refractivity contribution in [3.05, 3.63) is 73.5 Å². The molecule has 0 unspecified atom stereocenters. The van der Waals surface area contributed by atoms with Crippen molar-refractivity contribution in [3.63, 3.8) is 0 Å². The molecule has 0 spiro atoms. The van der Waals surface area contributed by atoms with Gasteiger partial charge in [0.15, 0.2) is 4.80 Å². The van der Waals surface area contributed by atoms with Crippen LogP contribution in [0.15, 0.2) is 58.0 Å². The number of esters is 1. The summed E-state index contributed by atoms with van der Waals surface area (Å²) >= 11 is 4.69. The Morgan fingerprint density at radius 2 is 2.00 bits per heavy atom. The number of nitro benzene ring substituents is 1. The van der Waals surface area contributed by atoms with Crippen molar-refractivity contribution in [2.24, 2.45) is 4.99 Å². The SMILES string of the molecule is CCOC(=O)Cn1c(=NC(=O)/C=C\c2ccc([N+](=O)[O-])cc2)sc2cc(Br)ccc21. The summed E-state index contributed by atoms with van der Waals surface area (Å²) < 4.78 is 8.40. The number of hydrogen-bond donors (Lipinski definition) is 0. The quantitative estimate of drug-likeness (QED) is 0.224. The molecule has 0 bridgehead atoms. The number of carbonyl (C=O) groups excluding carboxylic acids is 2. The molecule has 1 amide bonds. The van der Waals surface area contributed by atoms with Gasteiger partial charge in [0.2, 0.25) is 0 Å². The summed E-state index contributed by atoms with van der Waals surface area (Å²) in [5.74, 6) is -0.938. The van der Waals surface area contributed by atoms with Crippen molar-refractivity contribution in [1.82, 2.24) is 4.57 Å². The maximum Gasteiger partial charge on any atom is 0.326 e. The Morgan fingerprint density at radius 3 is 2.67 bits per heavy atom. The largest absolute Gasteiger partial charge is 0.465 e. The second-order valence-electron chi connectivity index (χ2n) is 6.02. The highest BCUT2D eigenvalue weighted by Gasteiger charge is 2.12. The van der Waals surface area contributed by atoms with Crippen LogP contribution < -0.4 is 4.80 Å². The lowest BCUT2D eigenvalue weighted by molar-refractivity contribution is -0.384. The van der Waals surface area contributed by atoms with Gasteiger partial charge in [-0.1, -0.05) is 27.3 Å². The third-order valence-corrected chi connectivity index (χ3v) is 5.50. The molecular formula is C20H16BrN3O5S. The van der Waals surface area contributed by atoms with Crippen LogP contribution >= 0.6 is 27.3 Å². The lowest BCUT2D eigenvalue weighted by atomic mass is 10.2. The molecule has 0 fully saturated rings. The van der Waals surface area contributed by atoms with E-state index in [1.54, 1.807) is 23.6 Å². The zero-order chi connectivity index (χ0) is 21.7. The molecule has 10 heteroatoms. The Hall–Kier alpha value is -3.11. The Balaban J connectivity index is 1.92. The first kappa shape index (κ1) is 21.6. The van der Waals surface area contributed by atoms with E-state index < -0.39 is 16.8 Å². The molecule has 0 saturated carbocycles. The normalized spacial score (nSPS) is 11.9. The number of aromatic nitrogens is 1. The fraction of sp³-hybridized carbons (Fsp3) is 0.150. The molecule has 0 aliphatic heterocycles. The number of non-ortho nitro benzene ring substituents is 1. The second kappa shape index (κ2) is 9.59. The van der Waals surface area contributed by atoms with Crippen LogP contribution in [0.3, 0.4) is 0 Å². The number of nitro groups is 1. The number of nitrogens with zero attached hydrogens (tertiary/aromatic N) is 3. The highest BCUT2D eigenvalue weighted by molar-refractivity contribution is 9.10. The number of rotatable bonds is 6. The molecular weight excluding hydrogens is 474 g/mol. The molecule has 0 radical (unpaired) electrons. The summed E-state index contributed by atoms with van der Waals surface area (Å²) in [5.41, 5.74) is 1.37. The van der Waals surface area contributed by atoms with Crippen LogP contribution in [0.2, 0.25) is 0 Å². The lowest BCUT2D eigenvalue weighted by Crippen LogP contribution is -2.22. The summed E-state index contributed by atoms with van der Waals surface area (Å²) in [4.78, 5) is 39.1. The highest BCUT2D eigenvalue weighted by Crippen LogP contribution is 2.22. The average molecular weight is 490 g/mol. The van der Waals surface area contributed by atoms with Crippen molar-refractivity contribution in [1.29, 1.82) is 0 Å². The maximum atomic E-state index is 12.4. The van der Waals surface area contributed by atoms with Gasteiger partial charge in [0, 0.05) is 22.7 Å². The number of thiazole rings is 1. The lowest BCUT2D eigenvalue weighted by Gasteiger charge is -2.04. The van der Waals surface area contributed by atoms with Gasteiger partial charge in [-0.05, 0) is 48.9 Å². The first-order chi connectivity index (χ1) is 14.4. The predicted molar refractivity (Wildman–Crippen MR) is 117 cm³/mol. The van der Waals surface area contributed by atoms with Gasteiger partial charge < -0.3 is 9.30 Å². The summed E-state index contributed by atoms with van der Waals surface area (Å²) in [6.45, 7) is 1.92. The monoisotopic (exact) mass is 489 g/mol. The number of ether oxygens (including phenoxy) is 1. The van der Waals surface area contributed by atoms with E-state index in [1.165, 1.54) is 35.6 Å². The van der Waals surface area contributed by atoms with Gasteiger partial charge in [0.05, 0.1) is 21.7 Å². The van der Waals surface area contributed by atoms with Crippen LogP contribution in [-0.4, -0.2) is 28.0 Å².